The lowest BCUT2D eigenvalue weighted by Gasteiger charge is -2.26. The Morgan fingerprint density at radius 3 is 2.56 bits per heavy atom. The average molecular weight is 368 g/mol. The Hall–Kier alpha value is -2.12. The highest BCUT2D eigenvalue weighted by Crippen LogP contribution is 2.21. The Labute approximate surface area is 151 Å². The summed E-state index contributed by atoms with van der Waals surface area (Å²) in [6.07, 6.45) is 0. The van der Waals surface area contributed by atoms with Crippen LogP contribution < -0.4 is 10.6 Å². The van der Waals surface area contributed by atoms with Gasteiger partial charge in [0, 0.05) is 24.7 Å². The molecule has 1 aliphatic rings. The summed E-state index contributed by atoms with van der Waals surface area (Å²) in [5.41, 5.74) is 0.686. The fraction of sp³-hybridized carbons (Fsp3) is 0.471. The summed E-state index contributed by atoms with van der Waals surface area (Å²) in [5, 5.41) is 5.53. The molecule has 1 heterocycles. The predicted molar refractivity (Wildman–Crippen MR) is 94.7 cm³/mol. The number of benzene rings is 1. The van der Waals surface area contributed by atoms with Gasteiger partial charge in [0.15, 0.2) is 0 Å². The smallest absolute Gasteiger partial charge is 0.253 e. The molecular weight excluding hydrogens is 346 g/mol. The van der Waals surface area contributed by atoms with Gasteiger partial charge in [-0.3, -0.25) is 14.4 Å². The number of hydrogen-bond donors (Lipinski definition) is 2. The first kappa shape index (κ1) is 19.2. The summed E-state index contributed by atoms with van der Waals surface area (Å²) in [4.78, 5) is 37.8. The van der Waals surface area contributed by atoms with Gasteiger partial charge in [-0.05, 0) is 18.2 Å². The van der Waals surface area contributed by atoms with Crippen LogP contribution in [-0.2, 0) is 14.3 Å². The highest BCUT2D eigenvalue weighted by atomic mass is 35.5. The molecule has 2 rings (SSSR count). The molecule has 0 spiro atoms. The molecule has 1 fully saturated rings. The molecule has 2 N–H and O–H groups in total. The molecule has 1 aromatic rings. The van der Waals surface area contributed by atoms with Crippen LogP contribution in [0.15, 0.2) is 18.2 Å². The molecule has 0 bridgehead atoms. The van der Waals surface area contributed by atoms with E-state index in [0.29, 0.717) is 32.0 Å². The summed E-state index contributed by atoms with van der Waals surface area (Å²) in [5.74, 6) is -0.973. The number of rotatable bonds is 5. The van der Waals surface area contributed by atoms with Crippen molar-refractivity contribution in [1.82, 2.24) is 10.2 Å². The standard InChI is InChI=1S/C17H22ClN3O4/c1-11(2)16(23)20-12-3-4-14(18)13(9-12)17(24)19-10-15(22)21-5-7-25-8-6-21/h3-4,9,11H,5-8,10H2,1-2H3,(H,19,24)(H,20,23). The Morgan fingerprint density at radius 1 is 1.24 bits per heavy atom. The summed E-state index contributed by atoms with van der Waals surface area (Å²) >= 11 is 6.07. The molecule has 0 radical (unpaired) electrons. The highest BCUT2D eigenvalue weighted by Gasteiger charge is 2.19. The third-order valence-corrected chi connectivity index (χ3v) is 4.10. The first-order chi connectivity index (χ1) is 11.9. The zero-order chi connectivity index (χ0) is 18.4. The van der Waals surface area contributed by atoms with Gasteiger partial charge in [0.1, 0.15) is 0 Å². The van der Waals surface area contributed by atoms with Crippen molar-refractivity contribution < 1.29 is 19.1 Å². The van der Waals surface area contributed by atoms with Crippen molar-refractivity contribution in [2.75, 3.05) is 38.2 Å². The molecule has 1 aliphatic heterocycles. The van der Waals surface area contributed by atoms with E-state index in [0.717, 1.165) is 0 Å². The minimum atomic E-state index is -0.466. The SMILES string of the molecule is CC(C)C(=O)Nc1ccc(Cl)c(C(=O)NCC(=O)N2CCOCC2)c1. The number of anilines is 1. The molecule has 8 heteroatoms. The van der Waals surface area contributed by atoms with Gasteiger partial charge in [-0.1, -0.05) is 25.4 Å². The predicted octanol–water partition coefficient (Wildman–Crippen LogP) is 1.52. The number of carbonyl (C=O) groups is 3. The van der Waals surface area contributed by atoms with Crippen molar-refractivity contribution in [3.05, 3.63) is 28.8 Å². The second-order valence-electron chi connectivity index (χ2n) is 6.01. The van der Waals surface area contributed by atoms with Crippen LogP contribution in [0.5, 0.6) is 0 Å². The average Bonchev–Trinajstić information content (AvgIpc) is 2.61. The quantitative estimate of drug-likeness (QED) is 0.826. The Balaban J connectivity index is 1.98. The summed E-state index contributed by atoms with van der Waals surface area (Å²) in [7, 11) is 0. The number of hydrogen-bond acceptors (Lipinski definition) is 4. The maximum Gasteiger partial charge on any atom is 0.253 e. The Morgan fingerprint density at radius 2 is 1.92 bits per heavy atom. The minimum absolute atomic E-state index is 0.113. The first-order valence-corrected chi connectivity index (χ1v) is 8.50. The van der Waals surface area contributed by atoms with Crippen LogP contribution in [0.1, 0.15) is 24.2 Å². The van der Waals surface area contributed by atoms with Crippen LogP contribution in [0.25, 0.3) is 0 Å². The van der Waals surface area contributed by atoms with E-state index in [4.69, 9.17) is 16.3 Å². The lowest BCUT2D eigenvalue weighted by atomic mass is 10.1. The number of carbonyl (C=O) groups excluding carboxylic acids is 3. The molecule has 3 amide bonds. The topological polar surface area (TPSA) is 87.7 Å². The van der Waals surface area contributed by atoms with Gasteiger partial charge >= 0.3 is 0 Å². The monoisotopic (exact) mass is 367 g/mol. The number of morpholine rings is 1. The van der Waals surface area contributed by atoms with Crippen molar-refractivity contribution in [2.24, 2.45) is 5.92 Å². The molecule has 7 nitrogen and oxygen atoms in total. The van der Waals surface area contributed by atoms with Crippen LogP contribution in [0.3, 0.4) is 0 Å². The van der Waals surface area contributed by atoms with E-state index in [1.807, 2.05) is 0 Å². The fourth-order valence-corrected chi connectivity index (χ4v) is 2.44. The number of nitrogens with zero attached hydrogens (tertiary/aromatic N) is 1. The van der Waals surface area contributed by atoms with Crippen LogP contribution in [0.2, 0.25) is 5.02 Å². The van der Waals surface area contributed by atoms with Crippen LogP contribution in [-0.4, -0.2) is 55.5 Å². The molecule has 0 atom stereocenters. The van der Waals surface area contributed by atoms with Gasteiger partial charge < -0.3 is 20.3 Å². The fourth-order valence-electron chi connectivity index (χ4n) is 2.24. The molecular formula is C17H22ClN3O4. The van der Waals surface area contributed by atoms with Gasteiger partial charge in [-0.25, -0.2) is 0 Å². The van der Waals surface area contributed by atoms with E-state index in [9.17, 15) is 14.4 Å². The van der Waals surface area contributed by atoms with Gasteiger partial charge in [0.25, 0.3) is 5.91 Å². The third kappa shape index (κ3) is 5.44. The maximum absolute atomic E-state index is 12.3. The van der Waals surface area contributed by atoms with E-state index in [1.54, 1.807) is 24.8 Å². The summed E-state index contributed by atoms with van der Waals surface area (Å²) in [6.45, 7) is 5.48. The minimum Gasteiger partial charge on any atom is -0.378 e. The van der Waals surface area contributed by atoms with Gasteiger partial charge in [-0.2, -0.15) is 0 Å². The first-order valence-electron chi connectivity index (χ1n) is 8.12. The molecule has 0 aliphatic carbocycles. The molecule has 0 unspecified atom stereocenters. The zero-order valence-corrected chi connectivity index (χ0v) is 15.1. The highest BCUT2D eigenvalue weighted by molar-refractivity contribution is 6.34. The Bertz CT molecular complexity index is 657. The second kappa shape index (κ2) is 8.82. The van der Waals surface area contributed by atoms with Crippen LogP contribution in [0.4, 0.5) is 5.69 Å². The molecule has 136 valence electrons. The van der Waals surface area contributed by atoms with Crippen LogP contribution >= 0.6 is 11.6 Å². The summed E-state index contributed by atoms with van der Waals surface area (Å²) < 4.78 is 5.19. The largest absolute Gasteiger partial charge is 0.378 e. The van der Waals surface area contributed by atoms with Crippen LogP contribution in [0, 0.1) is 5.92 Å². The lowest BCUT2D eigenvalue weighted by Crippen LogP contribution is -2.45. The Kier molecular flexibility index (Phi) is 6.78. The third-order valence-electron chi connectivity index (χ3n) is 3.77. The summed E-state index contributed by atoms with van der Waals surface area (Å²) in [6, 6.07) is 4.66. The van der Waals surface area contributed by atoms with E-state index in [1.165, 1.54) is 12.1 Å². The second-order valence-corrected chi connectivity index (χ2v) is 6.42. The van der Waals surface area contributed by atoms with Crippen molar-refractivity contribution in [1.29, 1.82) is 0 Å². The van der Waals surface area contributed by atoms with Crippen molar-refractivity contribution in [3.63, 3.8) is 0 Å². The van der Waals surface area contributed by atoms with Gasteiger partial charge in [-0.15, -0.1) is 0 Å². The van der Waals surface area contributed by atoms with E-state index < -0.39 is 5.91 Å². The van der Waals surface area contributed by atoms with Crippen molar-refractivity contribution >= 4 is 35.0 Å². The zero-order valence-electron chi connectivity index (χ0n) is 14.3. The molecule has 25 heavy (non-hydrogen) atoms. The van der Waals surface area contributed by atoms with Gasteiger partial charge in [0.2, 0.25) is 11.8 Å². The number of amides is 3. The van der Waals surface area contributed by atoms with E-state index in [2.05, 4.69) is 10.6 Å². The van der Waals surface area contributed by atoms with E-state index >= 15 is 0 Å². The molecule has 1 saturated heterocycles. The van der Waals surface area contributed by atoms with Crippen molar-refractivity contribution in [2.45, 2.75) is 13.8 Å². The number of ether oxygens (including phenoxy) is 1. The normalized spacial score (nSPS) is 14.3. The van der Waals surface area contributed by atoms with Crippen molar-refractivity contribution in [3.8, 4) is 0 Å². The molecule has 1 aromatic carbocycles. The van der Waals surface area contributed by atoms with Gasteiger partial charge in [0.05, 0.1) is 30.3 Å². The number of halogens is 1. The number of nitrogens with one attached hydrogen (secondary N) is 2. The van der Waals surface area contributed by atoms with E-state index in [-0.39, 0.29) is 34.9 Å². The molecule has 0 saturated carbocycles. The molecule has 0 aromatic heterocycles. The maximum atomic E-state index is 12.3. The lowest BCUT2D eigenvalue weighted by molar-refractivity contribution is -0.134.